The van der Waals surface area contributed by atoms with Gasteiger partial charge in [0.15, 0.2) is 0 Å². The van der Waals surface area contributed by atoms with Gasteiger partial charge in [0.1, 0.15) is 0 Å². The van der Waals surface area contributed by atoms with E-state index in [-0.39, 0.29) is 18.2 Å². The zero-order chi connectivity index (χ0) is 21.2. The van der Waals surface area contributed by atoms with Crippen LogP contribution < -0.4 is 4.31 Å². The average Bonchev–Trinajstić information content (AvgIpc) is 2.68. The Hall–Kier alpha value is -2.20. The van der Waals surface area contributed by atoms with Gasteiger partial charge in [-0.2, -0.15) is 12.7 Å². The van der Waals surface area contributed by atoms with E-state index in [1.807, 2.05) is 14.0 Å². The van der Waals surface area contributed by atoms with Crippen LogP contribution in [-0.2, 0) is 16.8 Å². The summed E-state index contributed by atoms with van der Waals surface area (Å²) in [6, 6.07) is 9.64. The lowest BCUT2D eigenvalue weighted by Crippen LogP contribution is -2.55. The smallest absolute Gasteiger partial charge is 0.337 e. The second kappa shape index (κ2) is 8.66. The molecule has 2 heterocycles. The number of likely N-dealkylation sites (N-methyl/N-ethyl adjacent to an activating group) is 1. The lowest BCUT2D eigenvalue weighted by atomic mass is 10.2. The number of hydrogen-bond donors (Lipinski definition) is 1. The highest BCUT2D eigenvalue weighted by Crippen LogP contribution is 2.27. The van der Waals surface area contributed by atoms with Crippen LogP contribution in [0.4, 0.5) is 5.69 Å². The number of carboxylic acid groups (broad SMARTS) is 1. The van der Waals surface area contributed by atoms with Gasteiger partial charge in [-0.05, 0) is 44.3 Å². The molecule has 1 N–H and O–H groups in total. The number of carbonyl (C=O) groups is 1. The van der Waals surface area contributed by atoms with Crippen LogP contribution in [0.25, 0.3) is 0 Å². The second-order valence-corrected chi connectivity index (χ2v) is 9.31. The van der Waals surface area contributed by atoms with E-state index in [0.717, 1.165) is 0 Å². The normalized spacial score (nSPS) is 18.5. The van der Waals surface area contributed by atoms with Gasteiger partial charge < -0.3 is 10.0 Å². The summed E-state index contributed by atoms with van der Waals surface area (Å²) in [6.07, 6.45) is 1.22. The minimum absolute atomic E-state index is 0.0384. The van der Waals surface area contributed by atoms with Crippen LogP contribution in [0.15, 0.2) is 42.6 Å². The lowest BCUT2D eigenvalue weighted by Gasteiger charge is -2.39. The first-order valence-electron chi connectivity index (χ1n) is 9.10. The zero-order valence-electron chi connectivity index (χ0n) is 16.2. The van der Waals surface area contributed by atoms with Crippen molar-refractivity contribution in [1.29, 1.82) is 0 Å². The monoisotopic (exact) mass is 438 g/mol. The predicted octanol–water partition coefficient (Wildman–Crippen LogP) is 2.32. The molecule has 0 radical (unpaired) electrons. The summed E-state index contributed by atoms with van der Waals surface area (Å²) in [5.41, 5.74) is 0.896. The largest absolute Gasteiger partial charge is 0.478 e. The highest BCUT2D eigenvalue weighted by Gasteiger charge is 2.34. The van der Waals surface area contributed by atoms with Crippen molar-refractivity contribution in [3.63, 3.8) is 0 Å². The Morgan fingerprint density at radius 2 is 2.07 bits per heavy atom. The number of halogens is 1. The topological polar surface area (TPSA) is 94.0 Å². The standard InChI is InChI=1S/C19H23ClN4O4S/c1-14-12-23(9-8-22(14)2)29(27,28)24(18-5-3-4-16(20)10-18)13-17-7-6-15(11-21-17)19(25)26/h3-7,10-11,14H,8-9,12-13H2,1-2H3,(H,25,26)/t14-/m1/s1. The van der Waals surface area contributed by atoms with E-state index in [1.165, 1.54) is 26.9 Å². The van der Waals surface area contributed by atoms with E-state index in [0.29, 0.717) is 36.0 Å². The summed E-state index contributed by atoms with van der Waals surface area (Å²) in [5, 5.41) is 9.46. The SMILES string of the molecule is C[C@@H]1CN(S(=O)(=O)N(Cc2ccc(C(=O)O)cn2)c2cccc(Cl)c2)CCN1C. The third-order valence-electron chi connectivity index (χ3n) is 5.00. The molecule has 2 aromatic rings. The maximum absolute atomic E-state index is 13.5. The van der Waals surface area contributed by atoms with Crippen molar-refractivity contribution in [2.75, 3.05) is 31.0 Å². The minimum atomic E-state index is -3.85. The van der Waals surface area contributed by atoms with E-state index >= 15 is 0 Å². The van der Waals surface area contributed by atoms with Crippen molar-refractivity contribution in [3.8, 4) is 0 Å². The number of rotatable bonds is 6. The van der Waals surface area contributed by atoms with Crippen molar-refractivity contribution >= 4 is 33.5 Å². The van der Waals surface area contributed by atoms with Crippen molar-refractivity contribution in [2.45, 2.75) is 19.5 Å². The fourth-order valence-electron chi connectivity index (χ4n) is 3.09. The lowest BCUT2D eigenvalue weighted by molar-refractivity contribution is 0.0696. The molecule has 0 saturated carbocycles. The summed E-state index contributed by atoms with van der Waals surface area (Å²) in [4.78, 5) is 17.3. The first-order chi connectivity index (χ1) is 13.7. The molecule has 1 aromatic carbocycles. The Kier molecular flexibility index (Phi) is 6.42. The van der Waals surface area contributed by atoms with Crippen molar-refractivity contribution in [3.05, 3.63) is 58.9 Å². The van der Waals surface area contributed by atoms with E-state index in [9.17, 15) is 13.2 Å². The quantitative estimate of drug-likeness (QED) is 0.743. The molecule has 1 aliphatic heterocycles. The Morgan fingerprint density at radius 1 is 1.31 bits per heavy atom. The van der Waals surface area contributed by atoms with Gasteiger partial charge in [0.2, 0.25) is 0 Å². The first-order valence-corrected chi connectivity index (χ1v) is 10.9. The maximum atomic E-state index is 13.5. The number of pyridine rings is 1. The Morgan fingerprint density at radius 3 is 2.66 bits per heavy atom. The van der Waals surface area contributed by atoms with E-state index in [1.54, 1.807) is 24.3 Å². The highest BCUT2D eigenvalue weighted by atomic mass is 35.5. The number of aromatic nitrogens is 1. The van der Waals surface area contributed by atoms with Gasteiger partial charge in [0.05, 0.1) is 23.5 Å². The molecule has 1 aromatic heterocycles. The number of carboxylic acids is 1. The molecule has 1 atom stereocenters. The predicted molar refractivity (Wildman–Crippen MR) is 111 cm³/mol. The first kappa shape index (κ1) is 21.5. The number of piperazine rings is 1. The molecule has 0 amide bonds. The molecule has 0 aliphatic carbocycles. The maximum Gasteiger partial charge on any atom is 0.337 e. The third-order valence-corrected chi connectivity index (χ3v) is 7.12. The van der Waals surface area contributed by atoms with Gasteiger partial charge in [0, 0.05) is 36.9 Å². The van der Waals surface area contributed by atoms with Gasteiger partial charge in [-0.3, -0.25) is 9.29 Å². The molecule has 29 heavy (non-hydrogen) atoms. The summed E-state index contributed by atoms with van der Waals surface area (Å²) in [5.74, 6) is -1.09. The van der Waals surface area contributed by atoms with Gasteiger partial charge in [0.25, 0.3) is 0 Å². The number of hydrogen-bond acceptors (Lipinski definition) is 5. The number of nitrogens with zero attached hydrogens (tertiary/aromatic N) is 4. The molecular weight excluding hydrogens is 416 g/mol. The van der Waals surface area contributed by atoms with Crippen LogP contribution in [0.2, 0.25) is 5.02 Å². The fraction of sp³-hybridized carbons (Fsp3) is 0.368. The number of benzene rings is 1. The van der Waals surface area contributed by atoms with Gasteiger partial charge in [-0.15, -0.1) is 0 Å². The van der Waals surface area contributed by atoms with Gasteiger partial charge in [-0.1, -0.05) is 17.7 Å². The van der Waals surface area contributed by atoms with Crippen LogP contribution in [0.3, 0.4) is 0 Å². The molecule has 10 heteroatoms. The fourth-order valence-corrected chi connectivity index (χ4v) is 4.95. The Bertz CT molecular complexity index is 984. The van der Waals surface area contributed by atoms with Gasteiger partial charge >= 0.3 is 16.2 Å². The molecule has 8 nitrogen and oxygen atoms in total. The second-order valence-electron chi connectivity index (χ2n) is 7.03. The summed E-state index contributed by atoms with van der Waals surface area (Å²) in [6.45, 7) is 3.34. The van der Waals surface area contributed by atoms with Crippen LogP contribution in [0.1, 0.15) is 23.0 Å². The molecule has 0 unspecified atom stereocenters. The van der Waals surface area contributed by atoms with Crippen molar-refractivity contribution in [2.24, 2.45) is 0 Å². The summed E-state index contributed by atoms with van der Waals surface area (Å²) >= 11 is 6.10. The molecule has 1 fully saturated rings. The van der Waals surface area contributed by atoms with Crippen LogP contribution in [0, 0.1) is 0 Å². The molecule has 3 rings (SSSR count). The number of aromatic carboxylic acids is 1. The molecule has 156 valence electrons. The molecule has 0 spiro atoms. The average molecular weight is 439 g/mol. The summed E-state index contributed by atoms with van der Waals surface area (Å²) < 4.78 is 29.7. The molecule has 1 saturated heterocycles. The van der Waals surface area contributed by atoms with E-state index in [4.69, 9.17) is 16.7 Å². The molecular formula is C19H23ClN4O4S. The molecule has 0 bridgehead atoms. The highest BCUT2D eigenvalue weighted by molar-refractivity contribution is 7.90. The third kappa shape index (κ3) is 4.87. The minimum Gasteiger partial charge on any atom is -0.478 e. The van der Waals surface area contributed by atoms with Crippen molar-refractivity contribution < 1.29 is 18.3 Å². The molecule has 1 aliphatic rings. The van der Waals surface area contributed by atoms with Crippen LogP contribution in [0.5, 0.6) is 0 Å². The van der Waals surface area contributed by atoms with Crippen molar-refractivity contribution in [1.82, 2.24) is 14.2 Å². The van der Waals surface area contributed by atoms with E-state index in [2.05, 4.69) is 9.88 Å². The van der Waals surface area contributed by atoms with E-state index < -0.39 is 16.2 Å². The van der Waals surface area contributed by atoms with Crippen LogP contribution in [-0.4, -0.2) is 66.4 Å². The number of anilines is 1. The Labute approximate surface area is 175 Å². The van der Waals surface area contributed by atoms with Crippen LogP contribution >= 0.6 is 11.6 Å². The zero-order valence-corrected chi connectivity index (χ0v) is 17.8. The Balaban J connectivity index is 1.95. The van der Waals surface area contributed by atoms with Gasteiger partial charge in [-0.25, -0.2) is 4.79 Å². The summed E-state index contributed by atoms with van der Waals surface area (Å²) in [7, 11) is -1.88.